The molecule has 0 amide bonds. The number of rotatable bonds is 6. The van der Waals surface area contributed by atoms with Crippen LogP contribution in [-0.2, 0) is 0 Å². The van der Waals surface area contributed by atoms with Crippen LogP contribution in [0.2, 0.25) is 0 Å². The zero-order valence-corrected chi connectivity index (χ0v) is 16.3. The van der Waals surface area contributed by atoms with Gasteiger partial charge in [0.05, 0.1) is 11.8 Å². The summed E-state index contributed by atoms with van der Waals surface area (Å²) in [4.78, 5) is 13.4. The van der Waals surface area contributed by atoms with E-state index in [0.29, 0.717) is 28.9 Å². The molecule has 1 atom stereocenters. The number of imidazole rings is 1. The number of aliphatic hydroxyl groups excluding tert-OH is 1. The molecule has 0 unspecified atom stereocenters. The topological polar surface area (TPSA) is 88.5 Å². The van der Waals surface area contributed by atoms with E-state index in [1.807, 2.05) is 30.3 Å². The third kappa shape index (κ3) is 3.76. The van der Waals surface area contributed by atoms with Gasteiger partial charge >= 0.3 is 5.84 Å². The molecule has 154 valence electrons. The average Bonchev–Trinajstić information content (AvgIpc) is 3.40. The molecule has 7 nitrogen and oxygen atoms in total. The third-order valence-corrected chi connectivity index (χ3v) is 4.92. The van der Waals surface area contributed by atoms with Crippen molar-refractivity contribution in [2.45, 2.75) is 6.10 Å². The van der Waals surface area contributed by atoms with Gasteiger partial charge < -0.3 is 14.8 Å². The Labute approximate surface area is 176 Å². The number of fused-ring (bicyclic) bond motifs is 1. The molecule has 3 heterocycles. The Kier molecular flexibility index (Phi) is 4.89. The summed E-state index contributed by atoms with van der Waals surface area (Å²) in [5, 5.41) is 13.5. The standard InChI is InChI=1S/C23H18FN5O2/c24-17-8-6-16(7-9-17)20-21(29-12-13-31-23(29)28-20)18-10-11-25-22(27-18)26-14-19(30)15-4-2-1-3-5-15/h1-13,19,30H,14H2,(H,25,26,27)/t19-/m0/s1. The predicted octanol–water partition coefficient (Wildman–Crippen LogP) is 4.34. The molecular formula is C23H18FN5O2. The Hall–Kier alpha value is -4.04. The predicted molar refractivity (Wildman–Crippen MR) is 114 cm³/mol. The lowest BCUT2D eigenvalue weighted by Crippen LogP contribution is -2.14. The lowest BCUT2D eigenvalue weighted by Gasteiger charge is -2.12. The first-order valence-corrected chi connectivity index (χ1v) is 9.71. The maximum absolute atomic E-state index is 13.4. The lowest BCUT2D eigenvalue weighted by molar-refractivity contribution is 0.191. The van der Waals surface area contributed by atoms with Gasteiger partial charge in [0.25, 0.3) is 0 Å². The van der Waals surface area contributed by atoms with E-state index >= 15 is 0 Å². The summed E-state index contributed by atoms with van der Waals surface area (Å²) >= 11 is 0. The number of hydrogen-bond donors (Lipinski definition) is 2. The van der Waals surface area contributed by atoms with Crippen LogP contribution >= 0.6 is 0 Å². The Bertz CT molecular complexity index is 1320. The maximum atomic E-state index is 13.4. The first-order chi connectivity index (χ1) is 15.2. The van der Waals surface area contributed by atoms with E-state index in [-0.39, 0.29) is 12.4 Å². The second kappa shape index (κ2) is 8.00. The minimum atomic E-state index is -0.696. The summed E-state index contributed by atoms with van der Waals surface area (Å²) in [7, 11) is 0. The largest absolute Gasteiger partial charge is 0.432 e. The SMILES string of the molecule is O[C@@H](CNc1nccc(-c2c(-c3ccc(F)cc3)nc3occn23)n1)c1ccccc1. The van der Waals surface area contributed by atoms with Crippen LogP contribution in [0.25, 0.3) is 28.5 Å². The molecule has 0 aliphatic carbocycles. The quantitative estimate of drug-likeness (QED) is 0.429. The van der Waals surface area contributed by atoms with Crippen LogP contribution in [-0.4, -0.2) is 31.0 Å². The fraction of sp³-hybridized carbons (Fsp3) is 0.0870. The number of nitrogens with zero attached hydrogens (tertiary/aromatic N) is 4. The molecule has 0 spiro atoms. The number of hydrogen-bond acceptors (Lipinski definition) is 6. The number of anilines is 1. The highest BCUT2D eigenvalue weighted by Gasteiger charge is 2.19. The van der Waals surface area contributed by atoms with Crippen molar-refractivity contribution in [1.82, 2.24) is 19.4 Å². The fourth-order valence-corrected chi connectivity index (χ4v) is 3.40. The van der Waals surface area contributed by atoms with Crippen molar-refractivity contribution in [3.8, 4) is 22.6 Å². The molecule has 31 heavy (non-hydrogen) atoms. The van der Waals surface area contributed by atoms with Crippen molar-refractivity contribution < 1.29 is 13.9 Å². The highest BCUT2D eigenvalue weighted by Crippen LogP contribution is 2.32. The Morgan fingerprint density at radius 2 is 1.84 bits per heavy atom. The Balaban J connectivity index is 1.47. The van der Waals surface area contributed by atoms with Gasteiger partial charge in [-0.25, -0.2) is 14.4 Å². The maximum Gasteiger partial charge on any atom is 0.306 e. The number of aliphatic hydroxyl groups is 1. The number of halogens is 1. The van der Waals surface area contributed by atoms with Crippen molar-refractivity contribution in [1.29, 1.82) is 0 Å². The van der Waals surface area contributed by atoms with E-state index in [1.54, 1.807) is 35.0 Å². The molecule has 0 aliphatic heterocycles. The summed E-state index contributed by atoms with van der Waals surface area (Å²) in [5.74, 6) is 0.455. The molecule has 0 radical (unpaired) electrons. The van der Waals surface area contributed by atoms with E-state index in [1.165, 1.54) is 18.4 Å². The van der Waals surface area contributed by atoms with E-state index in [9.17, 15) is 9.50 Å². The molecule has 5 rings (SSSR count). The summed E-state index contributed by atoms with van der Waals surface area (Å²) in [5.41, 5.74) is 3.47. The molecule has 0 fully saturated rings. The van der Waals surface area contributed by atoms with Gasteiger partial charge in [0, 0.05) is 24.5 Å². The second-order valence-electron chi connectivity index (χ2n) is 6.94. The van der Waals surface area contributed by atoms with Crippen molar-refractivity contribution in [3.05, 3.63) is 90.7 Å². The van der Waals surface area contributed by atoms with Crippen LogP contribution in [0, 0.1) is 5.82 Å². The summed E-state index contributed by atoms with van der Waals surface area (Å²) < 4.78 is 20.6. The molecule has 8 heteroatoms. The molecule has 0 aliphatic rings. The van der Waals surface area contributed by atoms with Crippen molar-refractivity contribution in [2.24, 2.45) is 0 Å². The zero-order valence-electron chi connectivity index (χ0n) is 16.3. The van der Waals surface area contributed by atoms with E-state index in [4.69, 9.17) is 4.42 Å². The van der Waals surface area contributed by atoms with Crippen molar-refractivity contribution in [3.63, 3.8) is 0 Å². The van der Waals surface area contributed by atoms with E-state index < -0.39 is 6.10 Å². The first-order valence-electron chi connectivity index (χ1n) is 9.71. The van der Waals surface area contributed by atoms with Gasteiger partial charge in [0.1, 0.15) is 23.5 Å². The van der Waals surface area contributed by atoms with Gasteiger partial charge in [0.15, 0.2) is 0 Å². The van der Waals surface area contributed by atoms with Gasteiger partial charge in [-0.1, -0.05) is 30.3 Å². The molecule has 5 aromatic rings. The molecule has 2 aromatic carbocycles. The fourth-order valence-electron chi connectivity index (χ4n) is 3.40. The van der Waals surface area contributed by atoms with Gasteiger partial charge in [0.2, 0.25) is 5.95 Å². The van der Waals surface area contributed by atoms with Crippen LogP contribution < -0.4 is 5.32 Å². The van der Waals surface area contributed by atoms with Crippen molar-refractivity contribution >= 4 is 11.8 Å². The van der Waals surface area contributed by atoms with E-state index in [0.717, 1.165) is 11.1 Å². The molecule has 2 N–H and O–H groups in total. The number of benzene rings is 2. The number of oxazole rings is 1. The average molecular weight is 415 g/mol. The molecule has 0 saturated heterocycles. The highest BCUT2D eigenvalue weighted by molar-refractivity contribution is 5.79. The summed E-state index contributed by atoms with van der Waals surface area (Å²) in [6, 6.07) is 17.2. The summed E-state index contributed by atoms with van der Waals surface area (Å²) in [6.45, 7) is 0.256. The van der Waals surface area contributed by atoms with Crippen LogP contribution in [0.5, 0.6) is 0 Å². The highest BCUT2D eigenvalue weighted by atomic mass is 19.1. The zero-order chi connectivity index (χ0) is 21.2. The normalized spacial score (nSPS) is 12.2. The lowest BCUT2D eigenvalue weighted by atomic mass is 10.1. The summed E-state index contributed by atoms with van der Waals surface area (Å²) in [6.07, 6.45) is 4.22. The van der Waals surface area contributed by atoms with Gasteiger partial charge in [-0.3, -0.25) is 4.40 Å². The van der Waals surface area contributed by atoms with Crippen LogP contribution in [0.15, 0.2) is 83.7 Å². The molecule has 0 bridgehead atoms. The molecule has 3 aromatic heterocycles. The monoisotopic (exact) mass is 415 g/mol. The first kappa shape index (κ1) is 19.0. The van der Waals surface area contributed by atoms with Gasteiger partial charge in [-0.2, -0.15) is 4.98 Å². The van der Waals surface area contributed by atoms with Crippen LogP contribution in [0.3, 0.4) is 0 Å². The Morgan fingerprint density at radius 1 is 1.03 bits per heavy atom. The molecular weight excluding hydrogens is 397 g/mol. The number of nitrogens with one attached hydrogen (secondary N) is 1. The smallest absolute Gasteiger partial charge is 0.306 e. The van der Waals surface area contributed by atoms with Crippen LogP contribution in [0.1, 0.15) is 11.7 Å². The number of aromatic nitrogens is 4. The Morgan fingerprint density at radius 3 is 2.65 bits per heavy atom. The van der Waals surface area contributed by atoms with Gasteiger partial charge in [-0.05, 0) is 35.9 Å². The minimum Gasteiger partial charge on any atom is -0.432 e. The minimum absolute atomic E-state index is 0.256. The van der Waals surface area contributed by atoms with Crippen molar-refractivity contribution in [2.75, 3.05) is 11.9 Å². The van der Waals surface area contributed by atoms with Crippen LogP contribution in [0.4, 0.5) is 10.3 Å². The van der Waals surface area contributed by atoms with Gasteiger partial charge in [-0.15, -0.1) is 0 Å². The van der Waals surface area contributed by atoms with E-state index in [2.05, 4.69) is 20.3 Å². The third-order valence-electron chi connectivity index (χ3n) is 4.92. The molecule has 0 saturated carbocycles. The second-order valence-corrected chi connectivity index (χ2v) is 6.94.